The van der Waals surface area contributed by atoms with Crippen molar-refractivity contribution < 1.29 is 4.79 Å². The van der Waals surface area contributed by atoms with Gasteiger partial charge in [0, 0.05) is 42.1 Å². The fourth-order valence-electron chi connectivity index (χ4n) is 4.20. The fourth-order valence-corrected chi connectivity index (χ4v) is 5.24. The van der Waals surface area contributed by atoms with Gasteiger partial charge in [0.25, 0.3) is 5.91 Å². The lowest BCUT2D eigenvalue weighted by Gasteiger charge is -2.33. The van der Waals surface area contributed by atoms with Gasteiger partial charge in [0.15, 0.2) is 0 Å². The maximum absolute atomic E-state index is 13.1. The molecule has 0 aliphatic carbocycles. The number of rotatable bonds is 5. The van der Waals surface area contributed by atoms with Crippen molar-refractivity contribution in [2.24, 2.45) is 0 Å². The number of pyridine rings is 1. The lowest BCUT2D eigenvalue weighted by Crippen LogP contribution is -2.42. The van der Waals surface area contributed by atoms with E-state index in [1.54, 1.807) is 6.20 Å². The molecular formula is C22H28N4OS. The van der Waals surface area contributed by atoms with E-state index in [1.807, 2.05) is 6.07 Å². The molecule has 1 amide bonds. The van der Waals surface area contributed by atoms with Crippen molar-refractivity contribution in [1.82, 2.24) is 19.8 Å². The quantitative estimate of drug-likeness (QED) is 0.699. The van der Waals surface area contributed by atoms with Crippen LogP contribution in [0.25, 0.3) is 15.9 Å². The summed E-state index contributed by atoms with van der Waals surface area (Å²) in [5, 5.41) is 4.19. The van der Waals surface area contributed by atoms with Crippen molar-refractivity contribution in [3.63, 3.8) is 0 Å². The first kappa shape index (κ1) is 19.2. The maximum atomic E-state index is 13.1. The summed E-state index contributed by atoms with van der Waals surface area (Å²) in [7, 11) is 0. The summed E-state index contributed by atoms with van der Waals surface area (Å²) in [6, 6.07) is 8.79. The zero-order chi connectivity index (χ0) is 19.7. The first-order valence-corrected chi connectivity index (χ1v) is 10.9. The third-order valence-corrected chi connectivity index (χ3v) is 6.87. The number of piperidine rings is 1. The molecule has 0 bridgehead atoms. The molecule has 1 saturated heterocycles. The van der Waals surface area contributed by atoms with Crippen LogP contribution in [0.4, 0.5) is 0 Å². The monoisotopic (exact) mass is 396 g/mol. The highest BCUT2D eigenvalue weighted by atomic mass is 32.1. The molecule has 4 rings (SSSR count). The van der Waals surface area contributed by atoms with Crippen LogP contribution in [0.3, 0.4) is 0 Å². The van der Waals surface area contributed by atoms with E-state index >= 15 is 0 Å². The van der Waals surface area contributed by atoms with E-state index in [2.05, 4.69) is 58.7 Å². The number of aromatic nitrogens is 2. The molecule has 3 aromatic rings. The molecule has 0 spiro atoms. The molecule has 148 valence electrons. The highest BCUT2D eigenvalue weighted by Crippen LogP contribution is 2.34. The van der Waals surface area contributed by atoms with Gasteiger partial charge < -0.3 is 9.88 Å². The summed E-state index contributed by atoms with van der Waals surface area (Å²) < 4.78 is 2.17. The van der Waals surface area contributed by atoms with Gasteiger partial charge in [-0.25, -0.2) is 4.98 Å². The molecule has 1 fully saturated rings. The second kappa shape index (κ2) is 8.05. The van der Waals surface area contributed by atoms with Gasteiger partial charge in [0.05, 0.1) is 5.69 Å². The molecule has 0 aromatic carbocycles. The molecule has 1 unspecified atom stereocenters. The first-order chi connectivity index (χ1) is 13.6. The second-order valence-electron chi connectivity index (χ2n) is 7.72. The standard InChI is InChI=1S/C22H28N4OS/c1-15-7-4-5-13-25(15)14-12-23-21(27)20-19(26-16(2)9-10-17(26)3)18-8-6-11-24-22(18)28-20/h6,8-11,15H,4-5,7,12-14H2,1-3H3,(H,23,27). The molecule has 4 heterocycles. The fraction of sp³-hybridized carbons (Fsp3) is 0.455. The van der Waals surface area contributed by atoms with Crippen LogP contribution in [-0.4, -0.2) is 46.0 Å². The number of likely N-dealkylation sites (tertiary alicyclic amines) is 1. The van der Waals surface area contributed by atoms with Gasteiger partial charge in [-0.15, -0.1) is 11.3 Å². The van der Waals surface area contributed by atoms with Crippen molar-refractivity contribution in [1.29, 1.82) is 0 Å². The molecule has 3 aromatic heterocycles. The average Bonchev–Trinajstić information content (AvgIpc) is 3.22. The molecule has 6 heteroatoms. The Bertz CT molecular complexity index is 970. The number of thiophene rings is 1. The molecule has 1 N–H and O–H groups in total. The lowest BCUT2D eigenvalue weighted by molar-refractivity contribution is 0.0942. The molecule has 0 radical (unpaired) electrons. The number of nitrogens with one attached hydrogen (secondary N) is 1. The minimum atomic E-state index is -0.00448. The summed E-state index contributed by atoms with van der Waals surface area (Å²) in [6.45, 7) is 9.16. The number of fused-ring (bicyclic) bond motifs is 1. The van der Waals surface area contributed by atoms with E-state index in [9.17, 15) is 4.79 Å². The number of carbonyl (C=O) groups is 1. The molecule has 28 heavy (non-hydrogen) atoms. The van der Waals surface area contributed by atoms with E-state index in [-0.39, 0.29) is 5.91 Å². The van der Waals surface area contributed by atoms with Crippen molar-refractivity contribution >= 4 is 27.5 Å². The van der Waals surface area contributed by atoms with E-state index in [4.69, 9.17) is 0 Å². The predicted molar refractivity (Wildman–Crippen MR) is 116 cm³/mol. The first-order valence-electron chi connectivity index (χ1n) is 10.1. The third-order valence-electron chi connectivity index (χ3n) is 5.77. The Balaban J connectivity index is 1.59. The zero-order valence-corrected chi connectivity index (χ0v) is 17.7. The Morgan fingerprint density at radius 3 is 2.79 bits per heavy atom. The molecule has 1 aliphatic heterocycles. The summed E-state index contributed by atoms with van der Waals surface area (Å²) in [5.41, 5.74) is 3.20. The summed E-state index contributed by atoms with van der Waals surface area (Å²) in [6.07, 6.45) is 5.62. The van der Waals surface area contributed by atoms with Crippen molar-refractivity contribution in [2.45, 2.75) is 46.1 Å². The average molecular weight is 397 g/mol. The van der Waals surface area contributed by atoms with Crippen molar-refractivity contribution in [3.05, 3.63) is 46.7 Å². The minimum absolute atomic E-state index is 0.00448. The number of hydrogen-bond acceptors (Lipinski definition) is 4. The lowest BCUT2D eigenvalue weighted by atomic mass is 10.0. The molecule has 0 saturated carbocycles. The number of amides is 1. The molecular weight excluding hydrogens is 368 g/mol. The van der Waals surface area contributed by atoms with Crippen LogP contribution >= 0.6 is 11.3 Å². The predicted octanol–water partition coefficient (Wildman–Crippen LogP) is 4.31. The minimum Gasteiger partial charge on any atom is -0.350 e. The second-order valence-corrected chi connectivity index (χ2v) is 8.72. The van der Waals surface area contributed by atoms with Gasteiger partial charge in [0.2, 0.25) is 0 Å². The highest BCUT2D eigenvalue weighted by Gasteiger charge is 2.23. The number of carbonyl (C=O) groups excluding carboxylic acids is 1. The summed E-state index contributed by atoms with van der Waals surface area (Å²) in [5.74, 6) is -0.00448. The van der Waals surface area contributed by atoms with E-state index in [0.717, 1.165) is 45.3 Å². The Kier molecular flexibility index (Phi) is 5.51. The van der Waals surface area contributed by atoms with Gasteiger partial charge in [-0.1, -0.05) is 6.42 Å². The Morgan fingerprint density at radius 2 is 2.04 bits per heavy atom. The SMILES string of the molecule is Cc1ccc(C)n1-c1c(C(=O)NCCN2CCCCC2C)sc2ncccc12. The van der Waals surface area contributed by atoms with Crippen LogP contribution in [0.15, 0.2) is 30.5 Å². The van der Waals surface area contributed by atoms with Gasteiger partial charge in [-0.3, -0.25) is 9.69 Å². The van der Waals surface area contributed by atoms with Crippen molar-refractivity contribution in [3.8, 4) is 5.69 Å². The Morgan fingerprint density at radius 1 is 1.25 bits per heavy atom. The number of nitrogens with zero attached hydrogens (tertiary/aromatic N) is 3. The van der Waals surface area contributed by atoms with Crippen LogP contribution in [0.2, 0.25) is 0 Å². The van der Waals surface area contributed by atoms with Gasteiger partial charge in [0.1, 0.15) is 9.71 Å². The largest absolute Gasteiger partial charge is 0.350 e. The van der Waals surface area contributed by atoms with E-state index in [1.165, 1.54) is 30.6 Å². The van der Waals surface area contributed by atoms with Gasteiger partial charge in [-0.2, -0.15) is 0 Å². The van der Waals surface area contributed by atoms with Crippen molar-refractivity contribution in [2.75, 3.05) is 19.6 Å². The van der Waals surface area contributed by atoms with Crippen LogP contribution in [0, 0.1) is 13.8 Å². The van der Waals surface area contributed by atoms with Crippen LogP contribution in [0.1, 0.15) is 47.2 Å². The number of aryl methyl sites for hydroxylation is 2. The normalized spacial score (nSPS) is 17.9. The third kappa shape index (κ3) is 3.59. The smallest absolute Gasteiger partial charge is 0.263 e. The van der Waals surface area contributed by atoms with E-state index in [0.29, 0.717) is 12.6 Å². The summed E-state index contributed by atoms with van der Waals surface area (Å²) in [4.78, 5) is 21.7. The molecule has 1 aliphatic rings. The number of hydrogen-bond donors (Lipinski definition) is 1. The molecule has 5 nitrogen and oxygen atoms in total. The van der Waals surface area contributed by atoms with Crippen LogP contribution in [-0.2, 0) is 0 Å². The Labute approximate surface area is 170 Å². The molecule has 1 atom stereocenters. The summed E-state index contributed by atoms with van der Waals surface area (Å²) >= 11 is 1.48. The highest BCUT2D eigenvalue weighted by molar-refractivity contribution is 7.21. The van der Waals surface area contributed by atoms with Crippen LogP contribution < -0.4 is 5.32 Å². The van der Waals surface area contributed by atoms with Gasteiger partial charge in [-0.05, 0) is 64.4 Å². The Hall–Kier alpha value is -2.18. The zero-order valence-electron chi connectivity index (χ0n) is 16.9. The maximum Gasteiger partial charge on any atom is 0.263 e. The van der Waals surface area contributed by atoms with Crippen LogP contribution in [0.5, 0.6) is 0 Å². The topological polar surface area (TPSA) is 50.2 Å². The van der Waals surface area contributed by atoms with Gasteiger partial charge >= 0.3 is 0 Å². The van der Waals surface area contributed by atoms with E-state index < -0.39 is 0 Å².